The van der Waals surface area contributed by atoms with E-state index >= 15 is 0 Å². The summed E-state index contributed by atoms with van der Waals surface area (Å²) in [5.41, 5.74) is 10.1. The maximum atomic E-state index is 13.8. The predicted molar refractivity (Wildman–Crippen MR) is 136 cm³/mol. The first-order chi connectivity index (χ1) is 17.4. The lowest BCUT2D eigenvalue weighted by Crippen LogP contribution is -2.60. The Bertz CT molecular complexity index is 1340. The Labute approximate surface area is 210 Å². The summed E-state index contributed by atoms with van der Waals surface area (Å²) < 4.78 is 5.91. The van der Waals surface area contributed by atoms with E-state index in [1.807, 2.05) is 36.4 Å². The van der Waals surface area contributed by atoms with E-state index in [-0.39, 0.29) is 34.5 Å². The van der Waals surface area contributed by atoms with E-state index in [0.717, 1.165) is 36.2 Å². The summed E-state index contributed by atoms with van der Waals surface area (Å²) in [5.74, 6) is 5.57. The number of quaternary nitrogens is 1. The Hall–Kier alpha value is -3.86. The number of benzene rings is 2. The maximum Gasteiger partial charge on any atom is 0.381 e. The number of carbonyl (C=O) groups is 2. The van der Waals surface area contributed by atoms with E-state index in [1.165, 1.54) is 5.56 Å². The Morgan fingerprint density at radius 3 is 2.56 bits per heavy atom. The Morgan fingerprint density at radius 1 is 1.06 bits per heavy atom. The van der Waals surface area contributed by atoms with Crippen LogP contribution in [-0.4, -0.2) is 47.6 Å². The number of hydrogen-bond acceptors (Lipinski definition) is 5. The van der Waals surface area contributed by atoms with Gasteiger partial charge in [0.25, 0.3) is 0 Å². The minimum absolute atomic E-state index is 0.0685. The molecule has 7 heteroatoms. The molecular weight excluding hydrogens is 454 g/mol. The van der Waals surface area contributed by atoms with Crippen molar-refractivity contribution in [2.75, 3.05) is 31.5 Å². The summed E-state index contributed by atoms with van der Waals surface area (Å²) in [4.78, 5) is 25.2. The highest BCUT2D eigenvalue weighted by molar-refractivity contribution is 5.86. The molecule has 1 spiro atoms. The van der Waals surface area contributed by atoms with E-state index in [0.29, 0.717) is 25.4 Å². The van der Waals surface area contributed by atoms with Crippen molar-refractivity contribution in [3.05, 3.63) is 88.9 Å². The van der Waals surface area contributed by atoms with Crippen LogP contribution in [-0.2, 0) is 16.8 Å². The number of rotatable bonds is 5. The van der Waals surface area contributed by atoms with Gasteiger partial charge in [-0.1, -0.05) is 36.3 Å². The predicted octanol–water partition coefficient (Wildman–Crippen LogP) is 3.73. The zero-order valence-corrected chi connectivity index (χ0v) is 20.1. The van der Waals surface area contributed by atoms with Gasteiger partial charge >= 0.3 is 11.9 Å². The molecule has 0 unspecified atom stereocenters. The Kier molecular flexibility index (Phi) is 6.40. The van der Waals surface area contributed by atoms with E-state index in [2.05, 4.69) is 29.3 Å². The fourth-order valence-corrected chi connectivity index (χ4v) is 5.46. The molecular formula is C29H30N3O4+. The number of nitrogens with zero attached hydrogens (tertiary/aromatic N) is 1. The number of carboxylic acid groups (broad SMARTS) is 1. The van der Waals surface area contributed by atoms with Gasteiger partial charge in [-0.3, -0.25) is 9.28 Å². The third-order valence-electron chi connectivity index (χ3n) is 7.65. The van der Waals surface area contributed by atoms with Crippen LogP contribution in [0, 0.1) is 11.8 Å². The molecule has 5 rings (SSSR count). The zero-order valence-electron chi connectivity index (χ0n) is 20.1. The van der Waals surface area contributed by atoms with Crippen LogP contribution in [0.25, 0.3) is 0 Å². The van der Waals surface area contributed by atoms with Crippen molar-refractivity contribution in [3.8, 4) is 11.8 Å². The SMILES string of the molecule is NCc1ccc2c(c1)C1(CC[N+](CCC(=O)O)(C(=O)c3ccc(C#Cc4ccccc4)o3)CC1)CN2. The van der Waals surface area contributed by atoms with Gasteiger partial charge in [-0.15, -0.1) is 0 Å². The van der Waals surface area contributed by atoms with E-state index in [1.54, 1.807) is 12.1 Å². The molecule has 2 aliphatic rings. The molecule has 3 heterocycles. The number of fused-ring (bicyclic) bond motifs is 2. The fraction of sp³-hybridized carbons (Fsp3) is 0.310. The smallest absolute Gasteiger partial charge is 0.381 e. The normalized spacial score (nSPS) is 22.4. The van der Waals surface area contributed by atoms with Crippen LogP contribution in [0.1, 0.15) is 52.3 Å². The minimum Gasteiger partial charge on any atom is -0.481 e. The third kappa shape index (κ3) is 4.53. The molecule has 2 aliphatic heterocycles. The average Bonchev–Trinajstić information content (AvgIpc) is 3.53. The number of nitrogens with one attached hydrogen (secondary N) is 1. The van der Waals surface area contributed by atoms with E-state index in [4.69, 9.17) is 10.2 Å². The first-order valence-electron chi connectivity index (χ1n) is 12.3. The Morgan fingerprint density at radius 2 is 1.83 bits per heavy atom. The lowest BCUT2D eigenvalue weighted by atomic mass is 9.73. The monoisotopic (exact) mass is 484 g/mol. The molecule has 4 N–H and O–H groups in total. The largest absolute Gasteiger partial charge is 0.481 e. The van der Waals surface area contributed by atoms with Crippen molar-refractivity contribution >= 4 is 17.6 Å². The molecule has 0 radical (unpaired) electrons. The topological polar surface area (TPSA) is 106 Å². The second kappa shape index (κ2) is 9.65. The van der Waals surface area contributed by atoms with Crippen LogP contribution in [0.3, 0.4) is 0 Å². The van der Waals surface area contributed by atoms with Gasteiger partial charge in [-0.25, -0.2) is 4.79 Å². The van der Waals surface area contributed by atoms with E-state index < -0.39 is 5.97 Å². The minimum atomic E-state index is -0.907. The van der Waals surface area contributed by atoms with Crippen LogP contribution in [0.5, 0.6) is 0 Å². The van der Waals surface area contributed by atoms with Crippen LogP contribution < -0.4 is 11.1 Å². The summed E-state index contributed by atoms with van der Waals surface area (Å²) in [6, 6.07) is 19.2. The number of furan rings is 1. The van der Waals surface area contributed by atoms with Crippen LogP contribution >= 0.6 is 0 Å². The molecule has 0 bridgehead atoms. The molecule has 184 valence electrons. The van der Waals surface area contributed by atoms with Gasteiger partial charge in [0.1, 0.15) is 0 Å². The summed E-state index contributed by atoms with van der Waals surface area (Å²) in [5, 5.41) is 12.9. The van der Waals surface area contributed by atoms with Crippen LogP contribution in [0.4, 0.5) is 5.69 Å². The highest BCUT2D eigenvalue weighted by Gasteiger charge is 2.51. The number of aliphatic carboxylic acids is 1. The number of anilines is 1. The molecule has 3 aromatic rings. The second-order valence-corrected chi connectivity index (χ2v) is 9.76. The number of carboxylic acids is 1. The molecule has 0 saturated carbocycles. The summed E-state index contributed by atoms with van der Waals surface area (Å²) in [7, 11) is 0. The summed E-state index contributed by atoms with van der Waals surface area (Å²) in [6.07, 6.45) is 1.47. The van der Waals surface area contributed by atoms with Gasteiger partial charge in [-0.2, -0.15) is 0 Å². The van der Waals surface area contributed by atoms with Crippen LogP contribution in [0.2, 0.25) is 0 Å². The maximum absolute atomic E-state index is 13.8. The van der Waals surface area contributed by atoms with Gasteiger partial charge in [0.05, 0.1) is 26.1 Å². The molecule has 0 atom stereocenters. The Balaban J connectivity index is 1.39. The van der Waals surface area contributed by atoms with Crippen molar-refractivity contribution < 1.29 is 23.6 Å². The molecule has 2 aromatic carbocycles. The average molecular weight is 485 g/mol. The highest BCUT2D eigenvalue weighted by Crippen LogP contribution is 2.46. The molecule has 1 aromatic heterocycles. The third-order valence-corrected chi connectivity index (χ3v) is 7.65. The molecule has 0 aliphatic carbocycles. The summed E-state index contributed by atoms with van der Waals surface area (Å²) in [6.45, 7) is 2.62. The van der Waals surface area contributed by atoms with Gasteiger partial charge in [0, 0.05) is 42.6 Å². The zero-order chi connectivity index (χ0) is 25.2. The quantitative estimate of drug-likeness (QED) is 0.377. The van der Waals surface area contributed by atoms with Crippen molar-refractivity contribution in [2.24, 2.45) is 5.73 Å². The van der Waals surface area contributed by atoms with Gasteiger partial charge in [0.2, 0.25) is 5.76 Å². The van der Waals surface area contributed by atoms with Crippen molar-refractivity contribution in [2.45, 2.75) is 31.2 Å². The lowest BCUT2D eigenvalue weighted by Gasteiger charge is -2.45. The first kappa shape index (κ1) is 23.9. The molecule has 36 heavy (non-hydrogen) atoms. The number of likely N-dealkylation sites (tertiary alicyclic amines) is 1. The van der Waals surface area contributed by atoms with Crippen molar-refractivity contribution in [3.63, 3.8) is 0 Å². The van der Waals surface area contributed by atoms with E-state index in [9.17, 15) is 14.7 Å². The van der Waals surface area contributed by atoms with Crippen molar-refractivity contribution in [1.29, 1.82) is 0 Å². The molecule has 1 saturated heterocycles. The number of hydrogen-bond donors (Lipinski definition) is 3. The summed E-state index contributed by atoms with van der Waals surface area (Å²) >= 11 is 0. The van der Waals surface area contributed by atoms with Crippen LogP contribution in [0.15, 0.2) is 65.1 Å². The molecule has 1 fully saturated rings. The standard InChI is InChI=1S/C29H29N3O4/c30-19-22-7-10-25-24(18-22)29(20-31-25)13-16-32(17-14-29,15-12-27(33)34)28(35)26-11-9-23(36-26)8-6-21-4-2-1-3-5-21/h1-5,7,9-11,18,31H,12-17,19-20,30H2/p+1. The molecule has 7 nitrogen and oxygen atoms in total. The number of nitrogens with two attached hydrogens (primary N) is 1. The van der Waals surface area contributed by atoms with Gasteiger partial charge < -0.3 is 20.6 Å². The number of amides is 1. The van der Waals surface area contributed by atoms with Gasteiger partial charge in [0.15, 0.2) is 5.76 Å². The fourth-order valence-electron chi connectivity index (χ4n) is 5.46. The van der Waals surface area contributed by atoms with Gasteiger partial charge in [-0.05, 0) is 47.4 Å². The molecule has 1 amide bonds. The highest BCUT2D eigenvalue weighted by atomic mass is 16.4. The second-order valence-electron chi connectivity index (χ2n) is 9.76. The number of carbonyl (C=O) groups excluding carboxylic acids is 1. The first-order valence-corrected chi connectivity index (χ1v) is 12.3. The van der Waals surface area contributed by atoms with Crippen molar-refractivity contribution in [1.82, 2.24) is 0 Å². The number of piperidine rings is 1. The lowest BCUT2D eigenvalue weighted by molar-refractivity contribution is -0.855.